The predicted molar refractivity (Wildman–Crippen MR) is 111 cm³/mol. The standard InChI is InChI=1S/C26H42O/c1-5-25-14-12-23-20(22(25)9-8-21(25)18(3)27)11-13-24(4)16-17(2)10-15-26(23,24)19-6-7-19/h17,19-23H,5-16H2,1-4H3/t17-,20?,21+,22?,23?,24+,25?,26-/m0/s1. The van der Waals surface area contributed by atoms with Crippen LogP contribution in [0.4, 0.5) is 0 Å². The molecule has 5 fully saturated rings. The van der Waals surface area contributed by atoms with Gasteiger partial charge < -0.3 is 0 Å². The number of ketones is 1. The molecule has 1 nitrogen and oxygen atoms in total. The van der Waals surface area contributed by atoms with Crippen molar-refractivity contribution in [1.29, 1.82) is 0 Å². The zero-order valence-corrected chi connectivity index (χ0v) is 18.4. The summed E-state index contributed by atoms with van der Waals surface area (Å²) >= 11 is 0. The van der Waals surface area contributed by atoms with Gasteiger partial charge in [0.15, 0.2) is 0 Å². The van der Waals surface area contributed by atoms with Crippen molar-refractivity contribution in [2.24, 2.45) is 51.8 Å². The minimum absolute atomic E-state index is 0.368. The Bertz CT molecular complexity index is 620. The summed E-state index contributed by atoms with van der Waals surface area (Å²) in [6.45, 7) is 9.53. The van der Waals surface area contributed by atoms with Crippen molar-refractivity contribution in [3.63, 3.8) is 0 Å². The third-order valence-electron chi connectivity index (χ3n) is 11.3. The average molecular weight is 371 g/mol. The van der Waals surface area contributed by atoms with Crippen molar-refractivity contribution in [2.75, 3.05) is 0 Å². The molecule has 0 spiro atoms. The van der Waals surface area contributed by atoms with Crippen LogP contribution in [0.1, 0.15) is 105 Å². The minimum Gasteiger partial charge on any atom is -0.300 e. The van der Waals surface area contributed by atoms with Crippen molar-refractivity contribution >= 4 is 5.78 Å². The highest BCUT2D eigenvalue weighted by atomic mass is 16.1. The van der Waals surface area contributed by atoms with Gasteiger partial charge in [-0.15, -0.1) is 0 Å². The third kappa shape index (κ3) is 2.32. The molecule has 5 aliphatic rings. The van der Waals surface area contributed by atoms with Crippen molar-refractivity contribution in [3.05, 3.63) is 0 Å². The number of carbonyl (C=O) groups excluding carboxylic acids is 1. The van der Waals surface area contributed by atoms with Gasteiger partial charge in [-0.2, -0.15) is 0 Å². The van der Waals surface area contributed by atoms with E-state index in [4.69, 9.17) is 0 Å². The number of rotatable bonds is 3. The topological polar surface area (TPSA) is 17.1 Å². The number of Topliss-reactive ketones (excluding diaryl/α,β-unsaturated/α-hetero) is 1. The van der Waals surface area contributed by atoms with E-state index in [1.54, 1.807) is 0 Å². The first-order valence-corrected chi connectivity index (χ1v) is 12.4. The first-order chi connectivity index (χ1) is 12.9. The van der Waals surface area contributed by atoms with Crippen LogP contribution in [0.25, 0.3) is 0 Å². The highest BCUT2D eigenvalue weighted by Crippen LogP contribution is 2.76. The molecular weight excluding hydrogens is 328 g/mol. The van der Waals surface area contributed by atoms with Gasteiger partial charge >= 0.3 is 0 Å². The third-order valence-corrected chi connectivity index (χ3v) is 11.3. The van der Waals surface area contributed by atoms with E-state index in [1.807, 2.05) is 6.92 Å². The van der Waals surface area contributed by atoms with Gasteiger partial charge in [-0.05, 0) is 123 Å². The van der Waals surface area contributed by atoms with Gasteiger partial charge in [0.25, 0.3) is 0 Å². The van der Waals surface area contributed by atoms with Crippen LogP contribution in [0.15, 0.2) is 0 Å². The van der Waals surface area contributed by atoms with Crippen LogP contribution in [-0.2, 0) is 4.79 Å². The zero-order chi connectivity index (χ0) is 19.0. The van der Waals surface area contributed by atoms with Gasteiger partial charge in [0.2, 0.25) is 0 Å². The highest BCUT2D eigenvalue weighted by molar-refractivity contribution is 5.79. The minimum atomic E-state index is 0.368. The molecule has 4 unspecified atom stereocenters. The van der Waals surface area contributed by atoms with Crippen LogP contribution in [0.5, 0.6) is 0 Å². The lowest BCUT2D eigenvalue weighted by Gasteiger charge is -2.67. The van der Waals surface area contributed by atoms with E-state index in [9.17, 15) is 4.79 Å². The highest BCUT2D eigenvalue weighted by Gasteiger charge is 2.68. The molecule has 0 bridgehead atoms. The van der Waals surface area contributed by atoms with Crippen molar-refractivity contribution in [2.45, 2.75) is 105 Å². The van der Waals surface area contributed by atoms with Crippen LogP contribution >= 0.6 is 0 Å². The second-order valence-corrected chi connectivity index (χ2v) is 12.0. The smallest absolute Gasteiger partial charge is 0.133 e. The zero-order valence-electron chi connectivity index (χ0n) is 18.4. The van der Waals surface area contributed by atoms with Crippen LogP contribution in [0, 0.1) is 51.8 Å². The van der Waals surface area contributed by atoms with E-state index in [-0.39, 0.29) is 0 Å². The molecule has 0 amide bonds. The summed E-state index contributed by atoms with van der Waals surface area (Å²) in [5, 5.41) is 0. The van der Waals surface area contributed by atoms with E-state index < -0.39 is 0 Å². The van der Waals surface area contributed by atoms with Crippen molar-refractivity contribution in [3.8, 4) is 0 Å². The molecule has 152 valence electrons. The molecule has 0 radical (unpaired) electrons. The summed E-state index contributed by atoms with van der Waals surface area (Å²) in [4.78, 5) is 12.5. The molecular formula is C26H42O. The molecule has 0 heterocycles. The molecule has 0 aliphatic heterocycles. The Hall–Kier alpha value is -0.330. The normalized spacial score (nSPS) is 54.7. The lowest BCUT2D eigenvalue weighted by Crippen LogP contribution is -2.60. The van der Waals surface area contributed by atoms with Gasteiger partial charge in [0.05, 0.1) is 0 Å². The number of hydrogen-bond donors (Lipinski definition) is 0. The fraction of sp³-hybridized carbons (Fsp3) is 0.962. The van der Waals surface area contributed by atoms with Crippen molar-refractivity contribution in [1.82, 2.24) is 0 Å². The molecule has 0 aromatic rings. The fourth-order valence-electron chi connectivity index (χ4n) is 10.3. The Kier molecular flexibility index (Phi) is 4.21. The average Bonchev–Trinajstić information content (AvgIpc) is 3.40. The van der Waals surface area contributed by atoms with E-state index in [2.05, 4.69) is 20.8 Å². The molecule has 1 heteroatoms. The molecule has 5 rings (SSSR count). The Morgan fingerprint density at radius 1 is 0.926 bits per heavy atom. The lowest BCUT2D eigenvalue weighted by molar-refractivity contribution is -0.184. The van der Waals surface area contributed by atoms with E-state index in [0.717, 1.165) is 29.6 Å². The largest absolute Gasteiger partial charge is 0.300 e. The molecule has 27 heavy (non-hydrogen) atoms. The van der Waals surface area contributed by atoms with Gasteiger partial charge in [-0.1, -0.05) is 27.2 Å². The Balaban J connectivity index is 1.53. The molecule has 0 saturated heterocycles. The Morgan fingerprint density at radius 2 is 1.70 bits per heavy atom. The van der Waals surface area contributed by atoms with E-state index >= 15 is 0 Å². The number of hydrogen-bond acceptors (Lipinski definition) is 1. The van der Waals surface area contributed by atoms with Crippen LogP contribution < -0.4 is 0 Å². The van der Waals surface area contributed by atoms with E-state index in [1.165, 1.54) is 77.0 Å². The molecule has 0 N–H and O–H groups in total. The van der Waals surface area contributed by atoms with Crippen LogP contribution in [0.3, 0.4) is 0 Å². The van der Waals surface area contributed by atoms with Gasteiger partial charge in [-0.25, -0.2) is 0 Å². The molecule has 8 atom stereocenters. The number of fused-ring (bicyclic) bond motifs is 5. The van der Waals surface area contributed by atoms with Gasteiger partial charge in [-0.3, -0.25) is 4.79 Å². The van der Waals surface area contributed by atoms with Crippen LogP contribution in [-0.4, -0.2) is 5.78 Å². The summed E-state index contributed by atoms with van der Waals surface area (Å²) in [7, 11) is 0. The monoisotopic (exact) mass is 370 g/mol. The number of carbonyl (C=O) groups is 1. The maximum absolute atomic E-state index is 12.5. The molecule has 0 aromatic heterocycles. The second-order valence-electron chi connectivity index (χ2n) is 12.0. The summed E-state index contributed by atoms with van der Waals surface area (Å²) in [5.41, 5.74) is 1.64. The van der Waals surface area contributed by atoms with Gasteiger partial charge in [0.1, 0.15) is 5.78 Å². The van der Waals surface area contributed by atoms with E-state index in [0.29, 0.717) is 27.9 Å². The molecule has 5 saturated carbocycles. The maximum Gasteiger partial charge on any atom is 0.133 e. The Labute approximate surface area is 167 Å². The summed E-state index contributed by atoms with van der Waals surface area (Å²) in [6, 6.07) is 0. The SMILES string of the molecule is CCC12CCC3C(CC[C@]4(C)C[C@@H](C)CC[C@]34C3CC3)C1CC[C@@H]2C(C)=O. The second kappa shape index (κ2) is 6.09. The maximum atomic E-state index is 12.5. The Morgan fingerprint density at radius 3 is 2.37 bits per heavy atom. The summed E-state index contributed by atoms with van der Waals surface area (Å²) in [5.74, 6) is 5.63. The van der Waals surface area contributed by atoms with Crippen LogP contribution in [0.2, 0.25) is 0 Å². The van der Waals surface area contributed by atoms with Gasteiger partial charge in [0, 0.05) is 5.92 Å². The first-order valence-electron chi connectivity index (χ1n) is 12.4. The summed E-state index contributed by atoms with van der Waals surface area (Å²) in [6.07, 6.45) is 17.1. The first kappa shape index (κ1) is 18.7. The van der Waals surface area contributed by atoms with Crippen molar-refractivity contribution < 1.29 is 4.79 Å². The lowest BCUT2D eigenvalue weighted by atomic mass is 9.37. The quantitative estimate of drug-likeness (QED) is 0.520. The molecule has 5 aliphatic carbocycles. The molecule has 0 aromatic carbocycles. The fourth-order valence-corrected chi connectivity index (χ4v) is 10.3. The predicted octanol–water partition coefficient (Wildman–Crippen LogP) is 7.04. The summed E-state index contributed by atoms with van der Waals surface area (Å²) < 4.78 is 0.